The maximum absolute atomic E-state index is 15.5. The molecule has 3 heteroatoms. The fraction of sp³-hybridized carbons (Fsp3) is 0.478. The predicted molar refractivity (Wildman–Crippen MR) is 113 cm³/mol. The van der Waals surface area contributed by atoms with Gasteiger partial charge in [0.05, 0.1) is 6.33 Å². The summed E-state index contributed by atoms with van der Waals surface area (Å²) >= 11 is 0. The summed E-state index contributed by atoms with van der Waals surface area (Å²) in [5, 5.41) is 1.11. The lowest BCUT2D eigenvalue weighted by molar-refractivity contribution is 0.597. The van der Waals surface area contributed by atoms with E-state index in [-0.39, 0.29) is 11.7 Å². The molecule has 0 saturated heterocycles. The number of allylic oxidation sites excluding steroid dienone is 4. The molecule has 0 aliphatic carbocycles. The van der Waals surface area contributed by atoms with Crippen LogP contribution >= 0.6 is 8.58 Å². The van der Waals surface area contributed by atoms with E-state index in [1.807, 2.05) is 6.92 Å². The molecule has 26 heavy (non-hydrogen) atoms. The number of rotatable bonds is 3. The van der Waals surface area contributed by atoms with Crippen molar-refractivity contribution in [3.8, 4) is 0 Å². The Morgan fingerprint density at radius 3 is 2.23 bits per heavy atom. The number of fused-ring (bicyclic) bond motifs is 2. The first-order chi connectivity index (χ1) is 12.1. The Balaban J connectivity index is 2.97. The minimum absolute atomic E-state index is 0.166. The first-order valence-electron chi connectivity index (χ1n) is 9.37. The van der Waals surface area contributed by atoms with Crippen LogP contribution in [0.4, 0.5) is 8.78 Å². The Kier molecular flexibility index (Phi) is 6.61. The highest BCUT2D eigenvalue weighted by molar-refractivity contribution is 7.51. The van der Waals surface area contributed by atoms with Gasteiger partial charge >= 0.3 is 0 Å². The fourth-order valence-electron chi connectivity index (χ4n) is 4.36. The highest BCUT2D eigenvalue weighted by Gasteiger charge is 2.26. The SMILES string of the molecule is C/C(=C/F)c1c2c(F)c(C)c(C(C)C)c1P/C=C(C)/C(C(C)C)=C(/C)C2. The van der Waals surface area contributed by atoms with Crippen LogP contribution in [0.15, 0.2) is 28.9 Å². The quantitative estimate of drug-likeness (QED) is 0.485. The van der Waals surface area contributed by atoms with Gasteiger partial charge in [0.1, 0.15) is 5.82 Å². The van der Waals surface area contributed by atoms with E-state index in [0.29, 0.717) is 38.4 Å². The molecule has 0 nitrogen and oxygen atoms in total. The zero-order valence-corrected chi connectivity index (χ0v) is 18.3. The van der Waals surface area contributed by atoms with Crippen molar-refractivity contribution in [1.82, 2.24) is 0 Å². The Hall–Kier alpha value is -1.27. The molecular formula is C23H31F2P. The molecule has 2 rings (SSSR count). The van der Waals surface area contributed by atoms with Crippen LogP contribution in [-0.2, 0) is 6.42 Å². The van der Waals surface area contributed by atoms with Crippen molar-refractivity contribution in [2.45, 2.75) is 67.7 Å². The molecule has 0 fully saturated rings. The molecule has 2 bridgehead atoms. The van der Waals surface area contributed by atoms with E-state index in [0.717, 1.165) is 22.0 Å². The van der Waals surface area contributed by atoms with Gasteiger partial charge in [0.25, 0.3) is 0 Å². The molecule has 1 heterocycles. The zero-order valence-electron chi connectivity index (χ0n) is 17.3. The van der Waals surface area contributed by atoms with Crippen LogP contribution in [0.2, 0.25) is 0 Å². The maximum atomic E-state index is 15.5. The maximum Gasteiger partial charge on any atom is 0.130 e. The Morgan fingerprint density at radius 2 is 1.73 bits per heavy atom. The summed E-state index contributed by atoms with van der Waals surface area (Å²) < 4.78 is 29.0. The third kappa shape index (κ3) is 3.72. The first-order valence-corrected chi connectivity index (χ1v) is 10.4. The summed E-state index contributed by atoms with van der Waals surface area (Å²) in [7, 11) is 0.405. The minimum Gasteiger partial charge on any atom is -0.215 e. The van der Waals surface area contributed by atoms with Crippen molar-refractivity contribution in [2.24, 2.45) is 5.92 Å². The van der Waals surface area contributed by atoms with E-state index < -0.39 is 0 Å². The van der Waals surface area contributed by atoms with E-state index in [9.17, 15) is 4.39 Å². The zero-order chi connectivity index (χ0) is 19.8. The van der Waals surface area contributed by atoms with E-state index in [4.69, 9.17) is 0 Å². The first kappa shape index (κ1) is 21.0. The molecule has 1 atom stereocenters. The van der Waals surface area contributed by atoms with Gasteiger partial charge < -0.3 is 0 Å². The number of hydrogen-bond acceptors (Lipinski definition) is 0. The topological polar surface area (TPSA) is 0 Å². The van der Waals surface area contributed by atoms with Gasteiger partial charge in [-0.3, -0.25) is 0 Å². The molecule has 0 N–H and O–H groups in total. The molecule has 1 aliphatic rings. The van der Waals surface area contributed by atoms with Gasteiger partial charge in [0.2, 0.25) is 0 Å². The normalized spacial score (nSPS) is 21.7. The van der Waals surface area contributed by atoms with Crippen LogP contribution in [0.5, 0.6) is 0 Å². The third-order valence-electron chi connectivity index (χ3n) is 5.29. The second-order valence-electron chi connectivity index (χ2n) is 8.03. The summed E-state index contributed by atoms with van der Waals surface area (Å²) in [6, 6.07) is 0. The Labute approximate surface area is 159 Å². The molecule has 0 saturated carbocycles. The van der Waals surface area contributed by atoms with Crippen LogP contribution in [0.3, 0.4) is 0 Å². The van der Waals surface area contributed by atoms with E-state index in [1.165, 1.54) is 16.7 Å². The largest absolute Gasteiger partial charge is 0.215 e. The monoisotopic (exact) mass is 376 g/mol. The van der Waals surface area contributed by atoms with Crippen molar-refractivity contribution in [3.05, 3.63) is 56.9 Å². The Bertz CT molecular complexity index is 808. The molecule has 1 aromatic rings. The van der Waals surface area contributed by atoms with E-state index in [1.54, 1.807) is 6.92 Å². The number of hydrogen-bond donors (Lipinski definition) is 0. The number of benzene rings is 1. The van der Waals surface area contributed by atoms with Crippen LogP contribution in [-0.4, -0.2) is 0 Å². The Morgan fingerprint density at radius 1 is 1.12 bits per heavy atom. The van der Waals surface area contributed by atoms with Gasteiger partial charge in [-0.1, -0.05) is 47.7 Å². The molecule has 0 amide bonds. The molecule has 1 unspecified atom stereocenters. The standard InChI is InChI=1S/C23H31F2P/c1-12(2)19-14(5)9-18-21(15(6)10-24)23(26-11-16(19)7)20(13(3)4)17(8)22(18)25/h10-13,26H,9H2,1-8H3/b15-10-,16-11+,19-14-. The average molecular weight is 376 g/mol. The molecule has 0 aromatic heterocycles. The van der Waals surface area contributed by atoms with Crippen molar-refractivity contribution in [1.29, 1.82) is 0 Å². The van der Waals surface area contributed by atoms with Crippen LogP contribution in [0.25, 0.3) is 5.57 Å². The van der Waals surface area contributed by atoms with Gasteiger partial charge in [-0.05, 0) is 84.7 Å². The third-order valence-corrected chi connectivity index (χ3v) is 6.68. The van der Waals surface area contributed by atoms with Crippen LogP contribution < -0.4 is 5.30 Å². The summed E-state index contributed by atoms with van der Waals surface area (Å²) in [5.41, 5.74) is 7.46. The summed E-state index contributed by atoms with van der Waals surface area (Å²) in [6.45, 7) is 16.4. The fourth-order valence-corrected chi connectivity index (χ4v) is 6.00. The van der Waals surface area contributed by atoms with Crippen molar-refractivity contribution >= 4 is 19.5 Å². The lowest BCUT2D eigenvalue weighted by atomic mass is 9.84. The van der Waals surface area contributed by atoms with E-state index in [2.05, 4.69) is 47.4 Å². The lowest BCUT2D eigenvalue weighted by Crippen LogP contribution is -2.19. The van der Waals surface area contributed by atoms with Gasteiger partial charge in [0, 0.05) is 5.56 Å². The lowest BCUT2D eigenvalue weighted by Gasteiger charge is -2.24. The predicted octanol–water partition coefficient (Wildman–Crippen LogP) is 7.32. The van der Waals surface area contributed by atoms with Gasteiger partial charge in [0.15, 0.2) is 0 Å². The van der Waals surface area contributed by atoms with Crippen molar-refractivity contribution < 1.29 is 8.78 Å². The second kappa shape index (κ2) is 8.17. The second-order valence-corrected chi connectivity index (χ2v) is 9.10. The summed E-state index contributed by atoms with van der Waals surface area (Å²) in [5.74, 6) is 2.67. The highest BCUT2D eigenvalue weighted by atomic mass is 31.1. The molecular weight excluding hydrogens is 345 g/mol. The van der Waals surface area contributed by atoms with Gasteiger partial charge in [-0.2, -0.15) is 0 Å². The van der Waals surface area contributed by atoms with Crippen LogP contribution in [0, 0.1) is 18.7 Å². The molecule has 0 radical (unpaired) electrons. The molecule has 1 aromatic carbocycles. The smallest absolute Gasteiger partial charge is 0.130 e. The number of halogens is 2. The van der Waals surface area contributed by atoms with E-state index >= 15 is 4.39 Å². The summed E-state index contributed by atoms with van der Waals surface area (Å²) in [6.07, 6.45) is 1.16. The van der Waals surface area contributed by atoms with Gasteiger partial charge in [-0.25, -0.2) is 8.78 Å². The minimum atomic E-state index is -0.166. The van der Waals surface area contributed by atoms with Crippen molar-refractivity contribution in [2.75, 3.05) is 0 Å². The van der Waals surface area contributed by atoms with Crippen molar-refractivity contribution in [3.63, 3.8) is 0 Å². The van der Waals surface area contributed by atoms with Gasteiger partial charge in [-0.15, -0.1) is 0 Å². The molecule has 0 spiro atoms. The average Bonchev–Trinajstić information content (AvgIpc) is 2.59. The molecule has 1 aliphatic heterocycles. The summed E-state index contributed by atoms with van der Waals surface area (Å²) in [4.78, 5) is 0. The molecule has 142 valence electrons. The van der Waals surface area contributed by atoms with Crippen LogP contribution in [0.1, 0.15) is 76.6 Å². The highest BCUT2D eigenvalue weighted by Crippen LogP contribution is 2.39.